The van der Waals surface area contributed by atoms with Crippen LogP contribution in [0, 0.1) is 19.3 Å². The molecule has 2 aromatic carbocycles. The van der Waals surface area contributed by atoms with Crippen molar-refractivity contribution in [1.29, 1.82) is 0 Å². The van der Waals surface area contributed by atoms with Gasteiger partial charge in [-0.3, -0.25) is 33.7 Å². The van der Waals surface area contributed by atoms with Crippen LogP contribution in [-0.2, 0) is 54.3 Å². The van der Waals surface area contributed by atoms with E-state index in [2.05, 4.69) is 10.6 Å². The van der Waals surface area contributed by atoms with Crippen molar-refractivity contribution in [2.75, 3.05) is 71.1 Å². The van der Waals surface area contributed by atoms with E-state index in [9.17, 15) is 54.0 Å². The van der Waals surface area contributed by atoms with E-state index >= 15 is 0 Å². The SMILES string of the molecule is CC1CC(=O)N(CCOCCOCCOCCC(=O)NCCC(=O)Nc2cc(C[n+]3cccc(/C=C/C(=O)CCCCCC4CCN(C(=O)c5ccccc5)CC4)c3)ccc2O[C@@H]2O[C@H](C(=O)O)[C@@H](O)[C@H](O)[C@H]2O)C1=O.[CH3-]. The second kappa shape index (κ2) is 31.7. The number of carbonyl (C=O) groups is 7. The van der Waals surface area contributed by atoms with Crippen LogP contribution >= 0.6 is 0 Å². The Bertz CT molecular complexity index is 2450. The Hall–Kier alpha value is -6.46. The monoisotopic (exact) mass is 1070 g/mol. The number of anilines is 1. The van der Waals surface area contributed by atoms with Gasteiger partial charge in [-0.05, 0) is 73.7 Å². The number of pyridine rings is 1. The molecule has 0 bridgehead atoms. The van der Waals surface area contributed by atoms with Gasteiger partial charge < -0.3 is 67.1 Å². The van der Waals surface area contributed by atoms with Crippen LogP contribution in [0.2, 0.25) is 0 Å². The molecule has 3 fully saturated rings. The first-order valence-electron chi connectivity index (χ1n) is 26.1. The van der Waals surface area contributed by atoms with Gasteiger partial charge in [0.15, 0.2) is 30.8 Å². The molecule has 5 amide bonds. The Kier molecular flexibility index (Phi) is 25.3. The molecule has 21 heteroatoms. The van der Waals surface area contributed by atoms with Crippen molar-refractivity contribution >= 4 is 53.1 Å². The molecule has 0 aliphatic carbocycles. The molecular formula is C56H75N5O16. The molecule has 1 unspecified atom stereocenters. The molecule has 3 aliphatic heterocycles. The van der Waals surface area contributed by atoms with E-state index in [1.54, 1.807) is 31.2 Å². The summed E-state index contributed by atoms with van der Waals surface area (Å²) in [6.07, 6.45) is 3.97. The number of hydrogen-bond acceptors (Lipinski definition) is 15. The van der Waals surface area contributed by atoms with Gasteiger partial charge in [0, 0.05) is 74.0 Å². The van der Waals surface area contributed by atoms with E-state index in [1.165, 1.54) is 11.0 Å². The number of carboxylic acids is 1. The third-order valence-electron chi connectivity index (χ3n) is 13.4. The maximum atomic E-state index is 13.3. The standard InChI is InChI=1S/C55H71N5O16.CH3/c1-37-33-47(64)60(52(37)68)26-28-73-30-32-74-31-29-72-27-21-45(62)56-22-18-46(63)57-43-34-40(15-17-44(43)75-55-50(67)48(65)49(66)51(76-55)54(70)71)36-58-23-8-10-39(35-58)14-16-42(61)13-7-2-4-9-38-19-24-59(25-20-38)53(69)41-11-5-3-6-12-41;/h3,5-6,8,10-12,14-17,23,34-35,37-38,48-51,55,65-67H,2,4,7,9,13,18-22,24-33,36H2,1H3,(H2-,56,57,62,63,70,71);1H3/q;-1/p+1/b16-14+;/t37?,48-,49-,50+,51-,55+;/m0./s1. The van der Waals surface area contributed by atoms with E-state index in [4.69, 9.17) is 23.7 Å². The zero-order chi connectivity index (χ0) is 54.4. The number of carboxylic acid groups (broad SMARTS) is 1. The van der Waals surface area contributed by atoms with Gasteiger partial charge in [0.05, 0.1) is 51.9 Å². The predicted molar refractivity (Wildman–Crippen MR) is 280 cm³/mol. The molecule has 3 saturated heterocycles. The van der Waals surface area contributed by atoms with Gasteiger partial charge in [-0.1, -0.05) is 44.4 Å². The minimum atomic E-state index is -1.94. The minimum Gasteiger partial charge on any atom is -0.479 e. The number of ether oxygens (including phenoxy) is 5. The molecule has 3 aliphatic rings. The largest absolute Gasteiger partial charge is 0.479 e. The van der Waals surface area contributed by atoms with Crippen molar-refractivity contribution in [3.63, 3.8) is 0 Å². The van der Waals surface area contributed by atoms with E-state index in [0.717, 1.165) is 62.7 Å². The smallest absolute Gasteiger partial charge is 0.335 e. The van der Waals surface area contributed by atoms with Gasteiger partial charge >= 0.3 is 5.97 Å². The topological polar surface area (TPSA) is 281 Å². The highest BCUT2D eigenvalue weighted by Gasteiger charge is 2.48. The second-order valence-electron chi connectivity index (χ2n) is 19.2. The fourth-order valence-electron chi connectivity index (χ4n) is 9.03. The van der Waals surface area contributed by atoms with Crippen molar-refractivity contribution in [3.05, 3.63) is 103 Å². The number of hydrogen-bond donors (Lipinski definition) is 6. The summed E-state index contributed by atoms with van der Waals surface area (Å²) >= 11 is 0. The fraction of sp³-hybridized carbons (Fsp3) is 0.518. The van der Waals surface area contributed by atoms with Gasteiger partial charge in [0.1, 0.15) is 24.1 Å². The summed E-state index contributed by atoms with van der Waals surface area (Å²) in [5.41, 5.74) is 2.28. The van der Waals surface area contributed by atoms with E-state index in [1.807, 2.05) is 64.3 Å². The Morgan fingerprint density at radius 2 is 1.52 bits per heavy atom. The molecular weight excluding hydrogens is 999 g/mol. The van der Waals surface area contributed by atoms with E-state index in [0.29, 0.717) is 24.4 Å². The Morgan fingerprint density at radius 3 is 2.22 bits per heavy atom. The van der Waals surface area contributed by atoms with E-state index < -0.39 is 42.6 Å². The summed E-state index contributed by atoms with van der Waals surface area (Å²) in [6.45, 7) is 5.06. The molecule has 0 radical (unpaired) electrons. The van der Waals surface area contributed by atoms with Crippen molar-refractivity contribution < 1.29 is 82.2 Å². The number of aromatic nitrogens is 1. The number of nitrogens with zero attached hydrogens (tertiary/aromatic N) is 3. The normalized spacial score (nSPS) is 20.7. The molecule has 6 rings (SSSR count). The first kappa shape index (κ1) is 61.4. The first-order valence-corrected chi connectivity index (χ1v) is 26.1. The second-order valence-corrected chi connectivity index (χ2v) is 19.2. The maximum absolute atomic E-state index is 13.3. The van der Waals surface area contributed by atoms with Gasteiger partial charge in [-0.2, -0.15) is 0 Å². The number of aliphatic hydroxyl groups excluding tert-OH is 3. The van der Waals surface area contributed by atoms with Crippen LogP contribution in [0.4, 0.5) is 5.69 Å². The highest BCUT2D eigenvalue weighted by molar-refractivity contribution is 6.03. The third-order valence-corrected chi connectivity index (χ3v) is 13.4. The van der Waals surface area contributed by atoms with Crippen molar-refractivity contribution in [2.45, 2.75) is 108 Å². The van der Waals surface area contributed by atoms with Crippen LogP contribution in [0.15, 0.2) is 79.1 Å². The number of ketones is 1. The Balaban J connectivity index is 0.0000109. The number of aliphatic carboxylic acids is 1. The molecule has 1 aromatic heterocycles. The molecule has 3 aromatic rings. The predicted octanol–water partition coefficient (Wildman–Crippen LogP) is 3.11. The van der Waals surface area contributed by atoms with Crippen molar-refractivity contribution in [2.24, 2.45) is 11.8 Å². The number of rotatable bonds is 30. The number of allylic oxidation sites excluding steroid dienone is 1. The average Bonchev–Trinajstić information content (AvgIpc) is 3.66. The molecule has 0 saturated carbocycles. The number of imide groups is 1. The number of aliphatic hydroxyl groups is 3. The van der Waals surface area contributed by atoms with Gasteiger partial charge in [-0.15, -0.1) is 0 Å². The first-order chi connectivity index (χ1) is 36.7. The lowest BCUT2D eigenvalue weighted by Crippen LogP contribution is -2.61. The highest BCUT2D eigenvalue weighted by atomic mass is 16.7. The summed E-state index contributed by atoms with van der Waals surface area (Å²) in [4.78, 5) is 90.1. The number of amides is 5. The number of piperidine rings is 1. The van der Waals surface area contributed by atoms with Crippen LogP contribution in [-0.4, -0.2) is 168 Å². The quantitative estimate of drug-likeness (QED) is 0.0184. The van der Waals surface area contributed by atoms with Crippen molar-refractivity contribution in [3.8, 4) is 5.75 Å². The highest BCUT2D eigenvalue weighted by Crippen LogP contribution is 2.31. The Labute approximate surface area is 449 Å². The summed E-state index contributed by atoms with van der Waals surface area (Å²) in [6, 6.07) is 17.8. The van der Waals surface area contributed by atoms with Crippen LogP contribution in [0.5, 0.6) is 5.75 Å². The molecule has 21 nitrogen and oxygen atoms in total. The number of carbonyl (C=O) groups excluding carboxylic acids is 6. The lowest BCUT2D eigenvalue weighted by Gasteiger charge is -2.38. The molecule has 77 heavy (non-hydrogen) atoms. The summed E-state index contributed by atoms with van der Waals surface area (Å²) in [5, 5.41) is 46.2. The molecule has 420 valence electrons. The summed E-state index contributed by atoms with van der Waals surface area (Å²) in [7, 11) is 0. The fourth-order valence-corrected chi connectivity index (χ4v) is 9.03. The van der Waals surface area contributed by atoms with Gasteiger partial charge in [-0.25, -0.2) is 9.36 Å². The lowest BCUT2D eigenvalue weighted by molar-refractivity contribution is -0.688. The zero-order valence-corrected chi connectivity index (χ0v) is 44.0. The molecule has 6 N–H and O–H groups in total. The number of nitrogens with one attached hydrogen (secondary N) is 2. The van der Waals surface area contributed by atoms with E-state index in [-0.39, 0.29) is 126 Å². The van der Waals surface area contributed by atoms with Crippen LogP contribution in [0.25, 0.3) is 6.08 Å². The Morgan fingerprint density at radius 1 is 0.805 bits per heavy atom. The summed E-state index contributed by atoms with van der Waals surface area (Å²) < 4.78 is 29.4. The number of benzene rings is 2. The third kappa shape index (κ3) is 19.5. The van der Waals surface area contributed by atoms with Crippen LogP contribution in [0.3, 0.4) is 0 Å². The van der Waals surface area contributed by atoms with Gasteiger partial charge in [0.25, 0.3) is 5.91 Å². The molecule has 0 spiro atoms. The summed E-state index contributed by atoms with van der Waals surface area (Å²) in [5.74, 6) is -2.52. The average molecular weight is 1070 g/mol. The van der Waals surface area contributed by atoms with Gasteiger partial charge in [0.2, 0.25) is 29.9 Å². The lowest BCUT2D eigenvalue weighted by atomic mass is 9.90. The van der Waals surface area contributed by atoms with Crippen LogP contribution in [0.1, 0.15) is 92.6 Å². The minimum absolute atomic E-state index is 0. The number of unbranched alkanes of at least 4 members (excludes halogenated alkanes) is 2. The maximum Gasteiger partial charge on any atom is 0.335 e. The zero-order valence-electron chi connectivity index (χ0n) is 44.0. The molecule has 6 atom stereocenters. The number of likely N-dealkylation sites (tertiary alicyclic amines) is 2. The van der Waals surface area contributed by atoms with Crippen LogP contribution < -0.4 is 19.9 Å². The molecule has 4 heterocycles. The van der Waals surface area contributed by atoms with Crippen molar-refractivity contribution in [1.82, 2.24) is 15.1 Å².